The van der Waals surface area contributed by atoms with E-state index in [4.69, 9.17) is 5.73 Å². The first-order valence-electron chi connectivity index (χ1n) is 5.83. The number of aromatic amines is 1. The maximum absolute atomic E-state index is 6.16. The van der Waals surface area contributed by atoms with Crippen LogP contribution in [0.4, 0.5) is 0 Å². The van der Waals surface area contributed by atoms with Crippen LogP contribution in [0.3, 0.4) is 0 Å². The number of nitrogens with zero attached hydrogens (tertiary/aromatic N) is 1. The maximum atomic E-state index is 6.16. The molecule has 2 aromatic rings. The SMILES string of the molecule is CC(C)(C)c1ccc(C(N)c2cn[nH]c2)cc1. The fraction of sp³-hybridized carbons (Fsp3) is 0.357. The number of hydrogen-bond acceptors (Lipinski definition) is 2. The van der Waals surface area contributed by atoms with E-state index in [-0.39, 0.29) is 11.5 Å². The molecule has 1 aromatic heterocycles. The van der Waals surface area contributed by atoms with Gasteiger partial charge in [-0.2, -0.15) is 5.10 Å². The second-order valence-electron chi connectivity index (χ2n) is 5.38. The first-order valence-corrected chi connectivity index (χ1v) is 5.83. The standard InChI is InChI=1S/C14H19N3/c1-14(2,3)12-6-4-10(5-7-12)13(15)11-8-16-17-9-11/h4-9,13H,15H2,1-3H3,(H,16,17). The van der Waals surface area contributed by atoms with E-state index < -0.39 is 0 Å². The summed E-state index contributed by atoms with van der Waals surface area (Å²) in [6.45, 7) is 6.62. The minimum Gasteiger partial charge on any atom is -0.320 e. The van der Waals surface area contributed by atoms with Gasteiger partial charge in [-0.15, -0.1) is 0 Å². The molecule has 17 heavy (non-hydrogen) atoms. The van der Waals surface area contributed by atoms with Crippen molar-refractivity contribution in [2.45, 2.75) is 32.2 Å². The highest BCUT2D eigenvalue weighted by atomic mass is 15.1. The lowest BCUT2D eigenvalue weighted by Gasteiger charge is -2.20. The minimum atomic E-state index is -0.109. The number of aromatic nitrogens is 2. The van der Waals surface area contributed by atoms with Gasteiger partial charge in [0.25, 0.3) is 0 Å². The van der Waals surface area contributed by atoms with E-state index in [1.54, 1.807) is 6.20 Å². The minimum absolute atomic E-state index is 0.109. The van der Waals surface area contributed by atoms with E-state index in [1.165, 1.54) is 5.56 Å². The summed E-state index contributed by atoms with van der Waals surface area (Å²) < 4.78 is 0. The lowest BCUT2D eigenvalue weighted by molar-refractivity contribution is 0.589. The van der Waals surface area contributed by atoms with Crippen LogP contribution < -0.4 is 5.73 Å². The van der Waals surface area contributed by atoms with Crippen molar-refractivity contribution in [1.29, 1.82) is 0 Å². The fourth-order valence-corrected chi connectivity index (χ4v) is 1.81. The highest BCUT2D eigenvalue weighted by Crippen LogP contribution is 2.25. The van der Waals surface area contributed by atoms with Crippen LogP contribution in [0, 0.1) is 0 Å². The fourth-order valence-electron chi connectivity index (χ4n) is 1.81. The summed E-state index contributed by atoms with van der Waals surface area (Å²) in [6.07, 6.45) is 3.60. The van der Waals surface area contributed by atoms with Crippen molar-refractivity contribution in [2.24, 2.45) is 5.73 Å². The van der Waals surface area contributed by atoms with Crippen molar-refractivity contribution < 1.29 is 0 Å². The number of rotatable bonds is 2. The van der Waals surface area contributed by atoms with Crippen LogP contribution in [-0.4, -0.2) is 10.2 Å². The molecule has 0 saturated carbocycles. The van der Waals surface area contributed by atoms with Gasteiger partial charge in [0.1, 0.15) is 0 Å². The molecule has 3 heteroatoms. The Morgan fingerprint density at radius 1 is 1.12 bits per heavy atom. The molecule has 0 aliphatic heterocycles. The smallest absolute Gasteiger partial charge is 0.0582 e. The van der Waals surface area contributed by atoms with Gasteiger partial charge in [0.15, 0.2) is 0 Å². The van der Waals surface area contributed by atoms with Crippen LogP contribution in [0.1, 0.15) is 43.5 Å². The average Bonchev–Trinajstić information content (AvgIpc) is 2.80. The molecular formula is C14H19N3. The summed E-state index contributed by atoms with van der Waals surface area (Å²) in [7, 11) is 0. The number of benzene rings is 1. The molecule has 0 amide bonds. The van der Waals surface area contributed by atoms with Crippen LogP contribution in [-0.2, 0) is 5.41 Å². The average molecular weight is 229 g/mol. The molecule has 2 rings (SSSR count). The summed E-state index contributed by atoms with van der Waals surface area (Å²) in [5.74, 6) is 0. The van der Waals surface area contributed by atoms with Gasteiger partial charge in [-0.1, -0.05) is 45.0 Å². The Bertz CT molecular complexity index is 463. The molecule has 1 aromatic carbocycles. The van der Waals surface area contributed by atoms with Crippen molar-refractivity contribution in [1.82, 2.24) is 10.2 Å². The van der Waals surface area contributed by atoms with Gasteiger partial charge in [-0.05, 0) is 16.5 Å². The molecule has 0 aliphatic carbocycles. The molecule has 3 N–H and O–H groups in total. The topological polar surface area (TPSA) is 54.7 Å². The molecule has 1 atom stereocenters. The Labute approximate surface area is 102 Å². The Balaban J connectivity index is 2.24. The van der Waals surface area contributed by atoms with Crippen LogP contribution in [0.15, 0.2) is 36.7 Å². The molecule has 0 aliphatic rings. The molecule has 0 fully saturated rings. The third-order valence-electron chi connectivity index (χ3n) is 3.01. The van der Waals surface area contributed by atoms with E-state index in [0.29, 0.717) is 0 Å². The van der Waals surface area contributed by atoms with Gasteiger partial charge >= 0.3 is 0 Å². The summed E-state index contributed by atoms with van der Waals surface area (Å²) >= 11 is 0. The largest absolute Gasteiger partial charge is 0.320 e. The van der Waals surface area contributed by atoms with E-state index >= 15 is 0 Å². The van der Waals surface area contributed by atoms with Crippen molar-refractivity contribution in [3.8, 4) is 0 Å². The summed E-state index contributed by atoms with van der Waals surface area (Å²) in [6, 6.07) is 8.38. The Hall–Kier alpha value is -1.61. The van der Waals surface area contributed by atoms with Crippen molar-refractivity contribution in [3.63, 3.8) is 0 Å². The van der Waals surface area contributed by atoms with Gasteiger partial charge in [-0.25, -0.2) is 0 Å². The molecule has 1 unspecified atom stereocenters. The van der Waals surface area contributed by atoms with E-state index in [0.717, 1.165) is 11.1 Å². The third kappa shape index (κ3) is 2.56. The molecule has 0 saturated heterocycles. The summed E-state index contributed by atoms with van der Waals surface area (Å²) in [4.78, 5) is 0. The van der Waals surface area contributed by atoms with Crippen LogP contribution >= 0.6 is 0 Å². The first-order chi connectivity index (χ1) is 7.98. The predicted octanol–water partition coefficient (Wildman–Crippen LogP) is 2.76. The Morgan fingerprint density at radius 3 is 2.24 bits per heavy atom. The first kappa shape index (κ1) is 11.9. The monoisotopic (exact) mass is 229 g/mol. The third-order valence-corrected chi connectivity index (χ3v) is 3.01. The number of nitrogens with two attached hydrogens (primary N) is 1. The summed E-state index contributed by atoms with van der Waals surface area (Å²) in [5, 5.41) is 6.71. The highest BCUT2D eigenvalue weighted by molar-refractivity contribution is 5.33. The zero-order valence-corrected chi connectivity index (χ0v) is 10.6. The number of nitrogens with one attached hydrogen (secondary N) is 1. The van der Waals surface area contributed by atoms with Crippen LogP contribution in [0.2, 0.25) is 0 Å². The van der Waals surface area contributed by atoms with Crippen molar-refractivity contribution in [2.75, 3.05) is 0 Å². The predicted molar refractivity (Wildman–Crippen MR) is 69.8 cm³/mol. The van der Waals surface area contributed by atoms with Crippen LogP contribution in [0.5, 0.6) is 0 Å². The normalized spacial score (nSPS) is 13.6. The molecule has 90 valence electrons. The molecule has 1 heterocycles. The maximum Gasteiger partial charge on any atom is 0.0582 e. The van der Waals surface area contributed by atoms with Gasteiger partial charge in [0, 0.05) is 11.8 Å². The van der Waals surface area contributed by atoms with Gasteiger partial charge < -0.3 is 5.73 Å². The Morgan fingerprint density at radius 2 is 1.76 bits per heavy atom. The van der Waals surface area contributed by atoms with Crippen LogP contribution in [0.25, 0.3) is 0 Å². The zero-order valence-electron chi connectivity index (χ0n) is 10.6. The van der Waals surface area contributed by atoms with E-state index in [2.05, 4.69) is 55.2 Å². The zero-order chi connectivity index (χ0) is 12.5. The van der Waals surface area contributed by atoms with E-state index in [1.807, 2.05) is 6.20 Å². The second-order valence-corrected chi connectivity index (χ2v) is 5.38. The highest BCUT2D eigenvalue weighted by Gasteiger charge is 2.15. The number of hydrogen-bond donors (Lipinski definition) is 2. The molecule has 3 nitrogen and oxygen atoms in total. The van der Waals surface area contributed by atoms with Crippen molar-refractivity contribution in [3.05, 3.63) is 53.3 Å². The van der Waals surface area contributed by atoms with Crippen molar-refractivity contribution >= 4 is 0 Å². The molecule has 0 radical (unpaired) electrons. The second kappa shape index (κ2) is 4.34. The molecule has 0 bridgehead atoms. The van der Waals surface area contributed by atoms with Gasteiger partial charge in [0.2, 0.25) is 0 Å². The number of H-pyrrole nitrogens is 1. The quantitative estimate of drug-likeness (QED) is 0.832. The van der Waals surface area contributed by atoms with Gasteiger partial charge in [-0.3, -0.25) is 5.10 Å². The van der Waals surface area contributed by atoms with E-state index in [9.17, 15) is 0 Å². The summed E-state index contributed by atoms with van der Waals surface area (Å²) in [5.41, 5.74) is 9.78. The Kier molecular flexibility index (Phi) is 3.03. The molecular weight excluding hydrogens is 210 g/mol. The lowest BCUT2D eigenvalue weighted by atomic mass is 9.86. The molecule has 0 spiro atoms. The lowest BCUT2D eigenvalue weighted by Crippen LogP contribution is -2.13. The van der Waals surface area contributed by atoms with Gasteiger partial charge in [0.05, 0.1) is 12.2 Å².